The molecule has 7 atom stereocenters. The topological polar surface area (TPSA) is 37.3 Å². The van der Waals surface area contributed by atoms with Crippen molar-refractivity contribution in [3.63, 3.8) is 0 Å². The molecule has 3 saturated carbocycles. The van der Waals surface area contributed by atoms with Gasteiger partial charge in [-0.1, -0.05) is 59.5 Å². The molecule has 4 rings (SSSR count). The Labute approximate surface area is 178 Å². The van der Waals surface area contributed by atoms with Crippen molar-refractivity contribution in [3.8, 4) is 0 Å². The van der Waals surface area contributed by atoms with Crippen molar-refractivity contribution in [2.75, 3.05) is 0 Å². The van der Waals surface area contributed by atoms with Crippen molar-refractivity contribution < 1.29 is 9.90 Å². The third-order valence-electron chi connectivity index (χ3n) is 9.96. The van der Waals surface area contributed by atoms with Crippen molar-refractivity contribution in [2.24, 2.45) is 40.4 Å². The molecule has 4 aliphatic rings. The molecular weight excluding hydrogens is 356 g/mol. The lowest BCUT2D eigenvalue weighted by Crippen LogP contribution is -2.48. The molecular formula is C27H44O2. The van der Waals surface area contributed by atoms with Gasteiger partial charge in [0, 0.05) is 12.0 Å². The van der Waals surface area contributed by atoms with Crippen LogP contribution in [0.25, 0.3) is 0 Å². The van der Waals surface area contributed by atoms with Crippen LogP contribution in [0, 0.1) is 40.4 Å². The predicted molar refractivity (Wildman–Crippen MR) is 120 cm³/mol. The second-order valence-electron chi connectivity index (χ2n) is 12.1. The van der Waals surface area contributed by atoms with E-state index >= 15 is 0 Å². The van der Waals surface area contributed by atoms with Gasteiger partial charge in [-0.3, -0.25) is 4.79 Å². The van der Waals surface area contributed by atoms with Crippen LogP contribution in [0.4, 0.5) is 0 Å². The maximum absolute atomic E-state index is 13.4. The summed E-state index contributed by atoms with van der Waals surface area (Å²) in [5.74, 6) is 3.70. The largest absolute Gasteiger partial charge is 0.393 e. The van der Waals surface area contributed by atoms with Gasteiger partial charge < -0.3 is 5.11 Å². The molecule has 0 bridgehead atoms. The molecule has 0 radical (unpaired) electrons. The highest BCUT2D eigenvalue weighted by Gasteiger charge is 2.57. The summed E-state index contributed by atoms with van der Waals surface area (Å²) in [4.78, 5) is 13.4. The normalized spacial score (nSPS) is 43.2. The van der Waals surface area contributed by atoms with E-state index in [4.69, 9.17) is 0 Å². The van der Waals surface area contributed by atoms with E-state index in [9.17, 15) is 9.90 Å². The molecule has 2 heteroatoms. The number of rotatable bonds is 5. The maximum atomic E-state index is 13.4. The molecule has 0 aliphatic heterocycles. The van der Waals surface area contributed by atoms with Gasteiger partial charge in [-0.05, 0) is 85.4 Å². The Hall–Kier alpha value is -0.630. The van der Waals surface area contributed by atoms with Gasteiger partial charge in [-0.15, -0.1) is 0 Å². The Bertz CT molecular complexity index is 676. The van der Waals surface area contributed by atoms with Crippen LogP contribution in [0.15, 0.2) is 11.1 Å². The van der Waals surface area contributed by atoms with Crippen molar-refractivity contribution in [2.45, 2.75) is 111 Å². The van der Waals surface area contributed by atoms with Crippen molar-refractivity contribution in [1.82, 2.24) is 0 Å². The highest BCUT2D eigenvalue weighted by molar-refractivity contribution is 6.00. The first-order valence-electron chi connectivity index (χ1n) is 12.6. The molecule has 0 heterocycles. The molecule has 29 heavy (non-hydrogen) atoms. The van der Waals surface area contributed by atoms with Crippen LogP contribution in [0.2, 0.25) is 0 Å². The van der Waals surface area contributed by atoms with E-state index in [0.29, 0.717) is 34.9 Å². The van der Waals surface area contributed by atoms with Crippen molar-refractivity contribution in [1.29, 1.82) is 0 Å². The minimum Gasteiger partial charge on any atom is -0.393 e. The summed E-state index contributed by atoms with van der Waals surface area (Å²) in [6, 6.07) is 0. The van der Waals surface area contributed by atoms with Crippen LogP contribution in [0.5, 0.6) is 0 Å². The molecule has 0 aromatic rings. The summed E-state index contributed by atoms with van der Waals surface area (Å²) in [7, 11) is 0. The van der Waals surface area contributed by atoms with E-state index in [1.54, 1.807) is 5.57 Å². The molecule has 0 aromatic carbocycles. The summed E-state index contributed by atoms with van der Waals surface area (Å²) in [5.41, 5.74) is 3.29. The quantitative estimate of drug-likeness (QED) is 0.556. The number of carbonyl (C=O) groups excluding carboxylic acids is 1. The van der Waals surface area contributed by atoms with Gasteiger partial charge in [0.25, 0.3) is 0 Å². The van der Waals surface area contributed by atoms with Crippen molar-refractivity contribution >= 4 is 5.78 Å². The minimum atomic E-state index is -0.0969. The number of hydrogen-bond donors (Lipinski definition) is 1. The number of carbonyl (C=O) groups is 1. The summed E-state index contributed by atoms with van der Waals surface area (Å²) in [5, 5.41) is 10.2. The SMILES string of the molecule is CC(C)CCC[C@@H](C)[C@H]1CC(=O)C2=C3CCC4CC(O)CC[C@]4(C)[C@H]3CC[C@@]21C. The Morgan fingerprint density at radius 2 is 1.83 bits per heavy atom. The van der Waals surface area contributed by atoms with E-state index in [2.05, 4.69) is 34.6 Å². The third-order valence-corrected chi connectivity index (χ3v) is 9.96. The van der Waals surface area contributed by atoms with Crippen LogP contribution < -0.4 is 0 Å². The molecule has 0 amide bonds. The van der Waals surface area contributed by atoms with Crippen LogP contribution in [0.1, 0.15) is 105 Å². The average molecular weight is 401 g/mol. The van der Waals surface area contributed by atoms with Gasteiger partial charge >= 0.3 is 0 Å². The van der Waals surface area contributed by atoms with Crippen LogP contribution >= 0.6 is 0 Å². The zero-order valence-corrected chi connectivity index (χ0v) is 19.6. The third kappa shape index (κ3) is 3.56. The lowest BCUT2D eigenvalue weighted by atomic mass is 9.48. The molecule has 0 spiro atoms. The number of fused-ring (bicyclic) bond motifs is 4. The zero-order valence-electron chi connectivity index (χ0n) is 19.6. The second-order valence-corrected chi connectivity index (χ2v) is 12.1. The van der Waals surface area contributed by atoms with Gasteiger partial charge in [0.1, 0.15) is 0 Å². The van der Waals surface area contributed by atoms with Gasteiger partial charge in [0.15, 0.2) is 5.78 Å². The van der Waals surface area contributed by atoms with Gasteiger partial charge in [-0.25, -0.2) is 0 Å². The fraction of sp³-hybridized carbons (Fsp3) is 0.889. The molecule has 2 unspecified atom stereocenters. The molecule has 2 nitrogen and oxygen atoms in total. The van der Waals surface area contributed by atoms with E-state index in [-0.39, 0.29) is 11.5 Å². The first kappa shape index (κ1) is 21.6. The van der Waals surface area contributed by atoms with Gasteiger partial charge in [0.2, 0.25) is 0 Å². The summed E-state index contributed by atoms with van der Waals surface area (Å²) < 4.78 is 0. The Morgan fingerprint density at radius 3 is 2.55 bits per heavy atom. The first-order chi connectivity index (χ1) is 13.7. The van der Waals surface area contributed by atoms with Gasteiger partial charge in [0.05, 0.1) is 6.10 Å². The number of hydrogen-bond acceptors (Lipinski definition) is 2. The van der Waals surface area contributed by atoms with Crippen LogP contribution in [-0.2, 0) is 4.79 Å². The molecule has 3 fully saturated rings. The van der Waals surface area contributed by atoms with E-state index in [1.165, 1.54) is 44.1 Å². The fourth-order valence-corrected chi connectivity index (χ4v) is 8.22. The molecule has 164 valence electrons. The molecule has 4 aliphatic carbocycles. The number of aliphatic hydroxyl groups excluding tert-OH is 1. The molecule has 0 saturated heterocycles. The number of aliphatic hydroxyl groups is 1. The van der Waals surface area contributed by atoms with Crippen molar-refractivity contribution in [3.05, 3.63) is 11.1 Å². The minimum absolute atomic E-state index is 0.0969. The van der Waals surface area contributed by atoms with Crippen LogP contribution in [-0.4, -0.2) is 17.0 Å². The van der Waals surface area contributed by atoms with Gasteiger partial charge in [-0.2, -0.15) is 0 Å². The fourth-order valence-electron chi connectivity index (χ4n) is 8.22. The lowest BCUT2D eigenvalue weighted by molar-refractivity contribution is -0.115. The number of ketones is 1. The number of allylic oxidation sites excluding steroid dienone is 2. The number of Topliss-reactive ketones (excluding diaryl/α,β-unsaturated/α-hetero) is 1. The average Bonchev–Trinajstić information content (AvgIpc) is 2.93. The highest BCUT2D eigenvalue weighted by Crippen LogP contribution is 2.65. The van der Waals surface area contributed by atoms with Crippen LogP contribution in [0.3, 0.4) is 0 Å². The lowest BCUT2D eigenvalue weighted by Gasteiger charge is -2.56. The zero-order chi connectivity index (χ0) is 21.0. The first-order valence-corrected chi connectivity index (χ1v) is 12.6. The Balaban J connectivity index is 1.59. The van der Waals surface area contributed by atoms with E-state index in [0.717, 1.165) is 38.0 Å². The van der Waals surface area contributed by atoms with E-state index in [1.807, 2.05) is 0 Å². The van der Waals surface area contributed by atoms with E-state index < -0.39 is 0 Å². The maximum Gasteiger partial charge on any atom is 0.159 e. The monoisotopic (exact) mass is 400 g/mol. The smallest absolute Gasteiger partial charge is 0.159 e. The molecule has 1 N–H and O–H groups in total. The predicted octanol–water partition coefficient (Wildman–Crippen LogP) is 6.71. The Morgan fingerprint density at radius 1 is 1.07 bits per heavy atom. The summed E-state index contributed by atoms with van der Waals surface area (Å²) >= 11 is 0. The Kier molecular flexibility index (Phi) is 5.82. The molecule has 0 aromatic heterocycles. The summed E-state index contributed by atoms with van der Waals surface area (Å²) in [6.45, 7) is 12.0. The second kappa shape index (κ2) is 7.81. The standard InChI is InChI=1S/C27H44O2/c1-17(2)7-6-8-18(3)23-16-24(29)25-21-10-9-19-15-20(28)11-13-26(19,4)22(21)12-14-27(23,25)5/h17-20,22-23,28H,6-16H2,1-5H3/t18-,19?,20?,22+,23-,26+,27-/m1/s1. The highest BCUT2D eigenvalue weighted by atomic mass is 16.3. The summed E-state index contributed by atoms with van der Waals surface area (Å²) in [6.07, 6.45) is 12.4.